The minimum atomic E-state index is 0.794. The third-order valence-electron chi connectivity index (χ3n) is 4.12. The highest BCUT2D eigenvalue weighted by Gasteiger charge is 2.13. The van der Waals surface area contributed by atoms with E-state index in [9.17, 15) is 0 Å². The Hall–Kier alpha value is -2.30. The maximum Gasteiger partial charge on any atom is 0.136 e. The van der Waals surface area contributed by atoms with Crippen molar-refractivity contribution < 1.29 is 4.74 Å². The molecule has 1 saturated heterocycles. The van der Waals surface area contributed by atoms with E-state index in [0.29, 0.717) is 0 Å². The number of hydrogen-bond donors (Lipinski definition) is 1. The van der Waals surface area contributed by atoms with Gasteiger partial charge in [-0.1, -0.05) is 12.8 Å². The lowest BCUT2D eigenvalue weighted by molar-refractivity contribution is 0.415. The van der Waals surface area contributed by atoms with Gasteiger partial charge in [0.2, 0.25) is 0 Å². The van der Waals surface area contributed by atoms with Crippen molar-refractivity contribution in [2.75, 3.05) is 30.4 Å². The van der Waals surface area contributed by atoms with E-state index in [1.54, 1.807) is 7.11 Å². The molecule has 122 valence electrons. The number of benzene rings is 1. The van der Waals surface area contributed by atoms with Crippen LogP contribution in [0.3, 0.4) is 0 Å². The number of aryl methyl sites for hydroxylation is 1. The molecule has 5 nitrogen and oxygen atoms in total. The first-order valence-electron chi connectivity index (χ1n) is 8.26. The lowest BCUT2D eigenvalue weighted by Crippen LogP contribution is -2.25. The van der Waals surface area contributed by atoms with Gasteiger partial charge >= 0.3 is 0 Å². The summed E-state index contributed by atoms with van der Waals surface area (Å²) in [5.74, 6) is 3.50. The average molecular weight is 312 g/mol. The molecule has 0 atom stereocenters. The van der Waals surface area contributed by atoms with Gasteiger partial charge < -0.3 is 15.0 Å². The predicted octanol–water partition coefficient (Wildman–Crippen LogP) is 3.92. The standard InChI is InChI=1S/C18H24N4O/c1-14-19-17(21-15-7-9-16(23-2)10-8-15)13-18(20-14)22-11-5-3-4-6-12-22/h7-10,13H,3-6,11-12H2,1-2H3,(H,19,20,21). The molecule has 0 unspecified atom stereocenters. The highest BCUT2D eigenvalue weighted by atomic mass is 16.5. The van der Waals surface area contributed by atoms with Crippen LogP contribution in [0.15, 0.2) is 30.3 Å². The molecule has 0 amide bonds. The predicted molar refractivity (Wildman–Crippen MR) is 93.7 cm³/mol. The Morgan fingerprint density at radius 3 is 2.35 bits per heavy atom. The van der Waals surface area contributed by atoms with Crippen molar-refractivity contribution in [3.8, 4) is 5.75 Å². The lowest BCUT2D eigenvalue weighted by atomic mass is 10.2. The summed E-state index contributed by atoms with van der Waals surface area (Å²) >= 11 is 0. The van der Waals surface area contributed by atoms with Gasteiger partial charge in [-0.05, 0) is 44.0 Å². The molecule has 0 saturated carbocycles. The quantitative estimate of drug-likeness (QED) is 0.927. The summed E-state index contributed by atoms with van der Waals surface area (Å²) in [6, 6.07) is 9.89. The van der Waals surface area contributed by atoms with Gasteiger partial charge in [-0.25, -0.2) is 9.97 Å². The maximum absolute atomic E-state index is 5.19. The molecule has 23 heavy (non-hydrogen) atoms. The van der Waals surface area contributed by atoms with Gasteiger partial charge in [0.05, 0.1) is 7.11 Å². The van der Waals surface area contributed by atoms with Gasteiger partial charge in [0, 0.05) is 24.8 Å². The lowest BCUT2D eigenvalue weighted by Gasteiger charge is -2.22. The molecule has 0 bridgehead atoms. The van der Waals surface area contributed by atoms with Crippen LogP contribution in [0.4, 0.5) is 17.3 Å². The molecule has 3 rings (SSSR count). The number of methoxy groups -OCH3 is 1. The second kappa shape index (κ2) is 7.31. The molecular formula is C18H24N4O. The maximum atomic E-state index is 5.19. The topological polar surface area (TPSA) is 50.3 Å². The number of anilines is 3. The van der Waals surface area contributed by atoms with E-state index >= 15 is 0 Å². The van der Waals surface area contributed by atoms with Crippen molar-refractivity contribution in [2.45, 2.75) is 32.6 Å². The largest absolute Gasteiger partial charge is 0.497 e. The fraction of sp³-hybridized carbons (Fsp3) is 0.444. The van der Waals surface area contributed by atoms with Crippen LogP contribution < -0.4 is 15.0 Å². The van der Waals surface area contributed by atoms with Gasteiger partial charge in [-0.3, -0.25) is 0 Å². The summed E-state index contributed by atoms with van der Waals surface area (Å²) in [5, 5.41) is 3.36. The van der Waals surface area contributed by atoms with Crippen LogP contribution in [0.5, 0.6) is 5.75 Å². The number of nitrogens with one attached hydrogen (secondary N) is 1. The number of hydrogen-bond acceptors (Lipinski definition) is 5. The minimum Gasteiger partial charge on any atom is -0.497 e. The zero-order valence-electron chi connectivity index (χ0n) is 13.9. The van der Waals surface area contributed by atoms with Crippen LogP contribution in [0, 0.1) is 6.92 Å². The number of rotatable bonds is 4. The van der Waals surface area contributed by atoms with E-state index in [1.165, 1.54) is 25.7 Å². The number of ether oxygens (including phenoxy) is 1. The molecule has 0 spiro atoms. The van der Waals surface area contributed by atoms with E-state index < -0.39 is 0 Å². The Bertz CT molecular complexity index is 634. The molecular weight excluding hydrogens is 288 g/mol. The highest BCUT2D eigenvalue weighted by molar-refractivity contribution is 5.60. The van der Waals surface area contributed by atoms with Crippen LogP contribution in [-0.4, -0.2) is 30.2 Å². The monoisotopic (exact) mass is 312 g/mol. The Morgan fingerprint density at radius 1 is 1.00 bits per heavy atom. The van der Waals surface area contributed by atoms with Crippen molar-refractivity contribution >= 4 is 17.3 Å². The van der Waals surface area contributed by atoms with E-state index in [0.717, 1.165) is 42.0 Å². The van der Waals surface area contributed by atoms with Crippen LogP contribution >= 0.6 is 0 Å². The number of nitrogens with zero attached hydrogens (tertiary/aromatic N) is 3. The zero-order valence-corrected chi connectivity index (χ0v) is 13.9. The molecule has 1 aliphatic heterocycles. The molecule has 0 aliphatic carbocycles. The zero-order chi connectivity index (χ0) is 16.1. The van der Waals surface area contributed by atoms with Gasteiger partial charge in [-0.2, -0.15) is 0 Å². The molecule has 2 heterocycles. The first kappa shape index (κ1) is 15.6. The summed E-state index contributed by atoms with van der Waals surface area (Å²) < 4.78 is 5.19. The van der Waals surface area contributed by atoms with E-state index in [2.05, 4.69) is 20.2 Å². The average Bonchev–Trinajstić information content (AvgIpc) is 2.84. The molecule has 2 aromatic rings. The third kappa shape index (κ3) is 4.12. The second-order valence-corrected chi connectivity index (χ2v) is 5.91. The van der Waals surface area contributed by atoms with Crippen molar-refractivity contribution in [3.63, 3.8) is 0 Å². The summed E-state index contributed by atoms with van der Waals surface area (Å²) in [5.41, 5.74) is 0.991. The summed E-state index contributed by atoms with van der Waals surface area (Å²) in [7, 11) is 1.67. The van der Waals surface area contributed by atoms with E-state index in [-0.39, 0.29) is 0 Å². The highest BCUT2D eigenvalue weighted by Crippen LogP contribution is 2.23. The van der Waals surface area contributed by atoms with Gasteiger partial charge in [0.15, 0.2) is 0 Å². The van der Waals surface area contributed by atoms with Crippen molar-refractivity contribution in [3.05, 3.63) is 36.2 Å². The summed E-state index contributed by atoms with van der Waals surface area (Å²) in [4.78, 5) is 11.5. The van der Waals surface area contributed by atoms with Crippen LogP contribution in [0.25, 0.3) is 0 Å². The van der Waals surface area contributed by atoms with Gasteiger partial charge in [-0.15, -0.1) is 0 Å². The molecule has 1 aromatic carbocycles. The Balaban J connectivity index is 1.78. The molecule has 1 aliphatic rings. The molecule has 1 fully saturated rings. The second-order valence-electron chi connectivity index (χ2n) is 5.91. The van der Waals surface area contributed by atoms with E-state index in [1.807, 2.05) is 37.3 Å². The van der Waals surface area contributed by atoms with E-state index in [4.69, 9.17) is 4.74 Å². The smallest absolute Gasteiger partial charge is 0.136 e. The van der Waals surface area contributed by atoms with Gasteiger partial charge in [0.1, 0.15) is 23.2 Å². The molecule has 0 radical (unpaired) electrons. The number of aromatic nitrogens is 2. The Kier molecular flexibility index (Phi) is 4.95. The first-order valence-corrected chi connectivity index (χ1v) is 8.26. The SMILES string of the molecule is COc1ccc(Nc2cc(N3CCCCCC3)nc(C)n2)cc1. The van der Waals surface area contributed by atoms with Crippen molar-refractivity contribution in [1.82, 2.24) is 9.97 Å². The van der Waals surface area contributed by atoms with Crippen molar-refractivity contribution in [1.29, 1.82) is 0 Å². The van der Waals surface area contributed by atoms with Crippen molar-refractivity contribution in [2.24, 2.45) is 0 Å². The normalized spacial score (nSPS) is 15.1. The third-order valence-corrected chi connectivity index (χ3v) is 4.12. The molecule has 5 heteroatoms. The Morgan fingerprint density at radius 2 is 1.70 bits per heavy atom. The molecule has 1 N–H and O–H groups in total. The minimum absolute atomic E-state index is 0.794. The molecule has 1 aromatic heterocycles. The fourth-order valence-corrected chi connectivity index (χ4v) is 2.90. The Labute approximate surface area is 137 Å². The summed E-state index contributed by atoms with van der Waals surface area (Å²) in [6.45, 7) is 4.11. The van der Waals surface area contributed by atoms with Crippen LogP contribution in [0.1, 0.15) is 31.5 Å². The summed E-state index contributed by atoms with van der Waals surface area (Å²) in [6.07, 6.45) is 5.11. The first-order chi connectivity index (χ1) is 11.2. The van der Waals surface area contributed by atoms with Gasteiger partial charge in [0.25, 0.3) is 0 Å². The van der Waals surface area contributed by atoms with Crippen LogP contribution in [-0.2, 0) is 0 Å². The van der Waals surface area contributed by atoms with Crippen LogP contribution in [0.2, 0.25) is 0 Å². The fourth-order valence-electron chi connectivity index (χ4n) is 2.90.